The number of rotatable bonds is 51. The van der Waals surface area contributed by atoms with Crippen molar-refractivity contribution in [2.75, 3.05) is 13.2 Å². The molecule has 0 saturated heterocycles. The van der Waals surface area contributed by atoms with Crippen LogP contribution in [0, 0.1) is 0 Å². The standard InChI is InChI=1S/C55H106O6/c1-4-7-10-13-16-19-22-25-27-28-29-31-33-36-39-42-45-48-54(57)60-51-52(50-59-53(56)47-44-41-38-35-32-24-21-18-15-12-9-6-3)61-55(58)49-46-43-40-37-34-30-26-23-20-17-14-11-8-5-2/h52H,4-51H2,1-3H3. The number of hydrogen-bond donors (Lipinski definition) is 0. The lowest BCUT2D eigenvalue weighted by Gasteiger charge is -2.18. The van der Waals surface area contributed by atoms with E-state index in [0.717, 1.165) is 57.8 Å². The zero-order valence-corrected chi connectivity index (χ0v) is 41.5. The first kappa shape index (κ1) is 59.4. The van der Waals surface area contributed by atoms with Crippen molar-refractivity contribution in [3.8, 4) is 0 Å². The molecule has 0 aliphatic heterocycles. The highest BCUT2D eigenvalue weighted by Crippen LogP contribution is 2.17. The molecule has 0 saturated carbocycles. The Hall–Kier alpha value is -1.59. The highest BCUT2D eigenvalue weighted by atomic mass is 16.6. The van der Waals surface area contributed by atoms with Gasteiger partial charge in [-0.15, -0.1) is 0 Å². The number of carbonyl (C=O) groups is 3. The molecule has 0 radical (unpaired) electrons. The first-order valence-corrected chi connectivity index (χ1v) is 27.5. The van der Waals surface area contributed by atoms with Gasteiger partial charge >= 0.3 is 17.9 Å². The van der Waals surface area contributed by atoms with Gasteiger partial charge in [0, 0.05) is 19.3 Å². The van der Waals surface area contributed by atoms with Crippen LogP contribution in [0.3, 0.4) is 0 Å². The first-order chi connectivity index (χ1) is 30.0. The fourth-order valence-corrected chi connectivity index (χ4v) is 8.45. The van der Waals surface area contributed by atoms with E-state index in [9.17, 15) is 14.4 Å². The Morgan fingerprint density at radius 1 is 0.262 bits per heavy atom. The van der Waals surface area contributed by atoms with E-state index in [1.165, 1.54) is 218 Å². The van der Waals surface area contributed by atoms with E-state index in [0.29, 0.717) is 19.3 Å². The van der Waals surface area contributed by atoms with Crippen LogP contribution in [0.2, 0.25) is 0 Å². The van der Waals surface area contributed by atoms with Crippen molar-refractivity contribution in [2.45, 2.75) is 322 Å². The summed E-state index contributed by atoms with van der Waals surface area (Å²) >= 11 is 0. The van der Waals surface area contributed by atoms with E-state index in [2.05, 4.69) is 20.8 Å². The third kappa shape index (κ3) is 49.3. The van der Waals surface area contributed by atoms with Crippen LogP contribution in [0.15, 0.2) is 0 Å². The van der Waals surface area contributed by atoms with Crippen LogP contribution in [-0.4, -0.2) is 37.2 Å². The fourth-order valence-electron chi connectivity index (χ4n) is 8.45. The Kier molecular flexibility index (Phi) is 49.7. The number of hydrogen-bond acceptors (Lipinski definition) is 6. The van der Waals surface area contributed by atoms with Crippen molar-refractivity contribution in [2.24, 2.45) is 0 Å². The van der Waals surface area contributed by atoms with Gasteiger partial charge in [-0.2, -0.15) is 0 Å². The zero-order valence-electron chi connectivity index (χ0n) is 41.5. The lowest BCUT2D eigenvalue weighted by Crippen LogP contribution is -2.30. The van der Waals surface area contributed by atoms with Gasteiger partial charge in [0.25, 0.3) is 0 Å². The molecule has 0 heterocycles. The highest BCUT2D eigenvalue weighted by Gasteiger charge is 2.19. The third-order valence-corrected chi connectivity index (χ3v) is 12.6. The molecule has 362 valence electrons. The van der Waals surface area contributed by atoms with Crippen molar-refractivity contribution >= 4 is 17.9 Å². The summed E-state index contributed by atoms with van der Waals surface area (Å²) in [5, 5.41) is 0. The molecule has 0 rings (SSSR count). The first-order valence-electron chi connectivity index (χ1n) is 27.5. The Morgan fingerprint density at radius 2 is 0.443 bits per heavy atom. The van der Waals surface area contributed by atoms with Crippen LogP contribution in [-0.2, 0) is 28.6 Å². The largest absolute Gasteiger partial charge is 0.462 e. The molecule has 0 aromatic heterocycles. The maximum absolute atomic E-state index is 12.8. The molecule has 0 aliphatic rings. The molecule has 0 aromatic carbocycles. The average Bonchev–Trinajstić information content (AvgIpc) is 3.26. The van der Waals surface area contributed by atoms with E-state index in [1.54, 1.807) is 0 Å². The molecule has 1 unspecified atom stereocenters. The van der Waals surface area contributed by atoms with Gasteiger partial charge in [0.15, 0.2) is 6.10 Å². The molecule has 0 spiro atoms. The van der Waals surface area contributed by atoms with E-state index < -0.39 is 6.10 Å². The summed E-state index contributed by atoms with van der Waals surface area (Å²) in [6, 6.07) is 0. The molecule has 6 nitrogen and oxygen atoms in total. The van der Waals surface area contributed by atoms with Crippen LogP contribution in [0.4, 0.5) is 0 Å². The van der Waals surface area contributed by atoms with Crippen molar-refractivity contribution in [1.29, 1.82) is 0 Å². The molecule has 0 bridgehead atoms. The van der Waals surface area contributed by atoms with Gasteiger partial charge in [0.2, 0.25) is 0 Å². The van der Waals surface area contributed by atoms with Gasteiger partial charge < -0.3 is 14.2 Å². The van der Waals surface area contributed by atoms with Gasteiger partial charge in [-0.3, -0.25) is 14.4 Å². The lowest BCUT2D eigenvalue weighted by molar-refractivity contribution is -0.167. The van der Waals surface area contributed by atoms with E-state index in [4.69, 9.17) is 14.2 Å². The highest BCUT2D eigenvalue weighted by molar-refractivity contribution is 5.71. The smallest absolute Gasteiger partial charge is 0.306 e. The predicted octanol–water partition coefficient (Wildman–Crippen LogP) is 18.0. The maximum atomic E-state index is 12.8. The summed E-state index contributed by atoms with van der Waals surface area (Å²) in [7, 11) is 0. The molecular weight excluding hydrogens is 757 g/mol. The molecule has 6 heteroatoms. The average molecular weight is 863 g/mol. The van der Waals surface area contributed by atoms with E-state index in [-0.39, 0.29) is 31.1 Å². The van der Waals surface area contributed by atoms with Crippen molar-refractivity contribution in [3.63, 3.8) is 0 Å². The van der Waals surface area contributed by atoms with E-state index in [1.807, 2.05) is 0 Å². The number of carbonyl (C=O) groups excluding carboxylic acids is 3. The minimum Gasteiger partial charge on any atom is -0.462 e. The van der Waals surface area contributed by atoms with Crippen LogP contribution >= 0.6 is 0 Å². The molecule has 0 aliphatic carbocycles. The monoisotopic (exact) mass is 863 g/mol. The van der Waals surface area contributed by atoms with Gasteiger partial charge in [-0.1, -0.05) is 278 Å². The normalized spacial score (nSPS) is 11.9. The van der Waals surface area contributed by atoms with Crippen LogP contribution in [0.1, 0.15) is 316 Å². The Morgan fingerprint density at radius 3 is 0.656 bits per heavy atom. The van der Waals surface area contributed by atoms with Crippen molar-refractivity contribution < 1.29 is 28.6 Å². The molecule has 1 atom stereocenters. The Labute approximate surface area is 380 Å². The van der Waals surface area contributed by atoms with E-state index >= 15 is 0 Å². The maximum Gasteiger partial charge on any atom is 0.306 e. The minimum atomic E-state index is -0.760. The van der Waals surface area contributed by atoms with Crippen molar-refractivity contribution in [1.82, 2.24) is 0 Å². The fraction of sp³-hybridized carbons (Fsp3) is 0.945. The SMILES string of the molecule is CCCCCCCCCCCCCCCCCCCC(=O)OCC(COC(=O)CCCCCCCCCCCCCC)OC(=O)CCCCCCCCCCCCCCCC. The topological polar surface area (TPSA) is 78.9 Å². The number of esters is 3. The molecule has 0 amide bonds. The predicted molar refractivity (Wildman–Crippen MR) is 261 cm³/mol. The summed E-state index contributed by atoms with van der Waals surface area (Å²) in [5.74, 6) is -0.836. The second kappa shape index (κ2) is 51.0. The van der Waals surface area contributed by atoms with Crippen LogP contribution in [0.25, 0.3) is 0 Å². The zero-order chi connectivity index (χ0) is 44.4. The molecule has 0 N–H and O–H groups in total. The van der Waals surface area contributed by atoms with Gasteiger partial charge in [-0.25, -0.2) is 0 Å². The molecular formula is C55H106O6. The van der Waals surface area contributed by atoms with Crippen molar-refractivity contribution in [3.05, 3.63) is 0 Å². The molecule has 0 aromatic rings. The number of unbranched alkanes of at least 4 members (excludes halogenated alkanes) is 40. The summed E-state index contributed by atoms with van der Waals surface area (Å²) in [6.07, 6.45) is 55.1. The quantitative estimate of drug-likeness (QED) is 0.0344. The summed E-state index contributed by atoms with van der Waals surface area (Å²) in [4.78, 5) is 38.0. The summed E-state index contributed by atoms with van der Waals surface area (Å²) in [6.45, 7) is 6.69. The molecule has 61 heavy (non-hydrogen) atoms. The van der Waals surface area contributed by atoms with Crippen LogP contribution in [0.5, 0.6) is 0 Å². The Bertz CT molecular complexity index is 905. The van der Waals surface area contributed by atoms with Gasteiger partial charge in [0.05, 0.1) is 0 Å². The summed E-state index contributed by atoms with van der Waals surface area (Å²) in [5.41, 5.74) is 0. The number of ether oxygens (including phenoxy) is 3. The third-order valence-electron chi connectivity index (χ3n) is 12.6. The second-order valence-electron chi connectivity index (χ2n) is 18.9. The van der Waals surface area contributed by atoms with Gasteiger partial charge in [0.1, 0.15) is 13.2 Å². The second-order valence-corrected chi connectivity index (χ2v) is 18.9. The lowest BCUT2D eigenvalue weighted by atomic mass is 10.0. The minimum absolute atomic E-state index is 0.0614. The summed E-state index contributed by atoms with van der Waals surface area (Å²) < 4.78 is 16.8. The van der Waals surface area contributed by atoms with Crippen LogP contribution < -0.4 is 0 Å². The molecule has 0 fully saturated rings. The van der Waals surface area contributed by atoms with Gasteiger partial charge in [-0.05, 0) is 19.3 Å². The Balaban J connectivity index is 4.28.